The Labute approximate surface area is 105 Å². The molecule has 0 radical (unpaired) electrons. The van der Waals surface area contributed by atoms with Crippen molar-refractivity contribution in [1.29, 1.82) is 0 Å². The van der Waals surface area contributed by atoms with Gasteiger partial charge in [-0.25, -0.2) is 4.98 Å². The van der Waals surface area contributed by atoms with Gasteiger partial charge in [-0.3, -0.25) is 0 Å². The maximum Gasteiger partial charge on any atom is 0.157 e. The van der Waals surface area contributed by atoms with Gasteiger partial charge in [0.1, 0.15) is 12.1 Å². The first-order valence-electron chi connectivity index (χ1n) is 5.92. The van der Waals surface area contributed by atoms with E-state index in [-0.39, 0.29) is 5.38 Å². The largest absolute Gasteiger partial charge is 0.368 e. The third kappa shape index (κ3) is 2.22. The van der Waals surface area contributed by atoms with Crippen LogP contribution >= 0.6 is 11.6 Å². The van der Waals surface area contributed by atoms with E-state index in [2.05, 4.69) is 28.4 Å². The summed E-state index contributed by atoms with van der Waals surface area (Å²) in [6.07, 6.45) is 4.10. The van der Waals surface area contributed by atoms with Crippen LogP contribution in [0.3, 0.4) is 0 Å². The van der Waals surface area contributed by atoms with Crippen LogP contribution in [0.2, 0.25) is 0 Å². The van der Waals surface area contributed by atoms with Gasteiger partial charge in [0.15, 0.2) is 5.65 Å². The third-order valence-electron chi connectivity index (χ3n) is 3.14. The lowest BCUT2D eigenvalue weighted by Gasteiger charge is -2.12. The van der Waals surface area contributed by atoms with Crippen molar-refractivity contribution in [2.75, 3.05) is 11.9 Å². The molecule has 0 spiro atoms. The summed E-state index contributed by atoms with van der Waals surface area (Å²) in [5.41, 5.74) is 2.04. The van der Waals surface area contributed by atoms with E-state index in [4.69, 9.17) is 11.6 Å². The Hall–Kier alpha value is -1.29. The molecule has 1 atom stereocenters. The van der Waals surface area contributed by atoms with E-state index < -0.39 is 0 Å². The van der Waals surface area contributed by atoms with Gasteiger partial charge in [0.25, 0.3) is 0 Å². The molecular formula is C12H15ClN4. The minimum Gasteiger partial charge on any atom is -0.368 e. The van der Waals surface area contributed by atoms with Crippen LogP contribution in [-0.2, 0) is 0 Å². The zero-order valence-electron chi connectivity index (χ0n) is 9.73. The number of aryl methyl sites for hydroxylation is 1. The zero-order chi connectivity index (χ0) is 11.8. The molecule has 2 heterocycles. The summed E-state index contributed by atoms with van der Waals surface area (Å²) in [6, 6.07) is 4.08. The van der Waals surface area contributed by atoms with E-state index in [1.807, 2.05) is 10.6 Å². The number of hydrogen-bond acceptors (Lipinski definition) is 3. The lowest BCUT2D eigenvalue weighted by molar-refractivity contribution is 0.764. The molecule has 0 bridgehead atoms. The zero-order valence-corrected chi connectivity index (χ0v) is 10.5. The van der Waals surface area contributed by atoms with Gasteiger partial charge in [-0.1, -0.05) is 0 Å². The van der Waals surface area contributed by atoms with Crippen LogP contribution in [0.1, 0.15) is 18.4 Å². The number of rotatable bonds is 4. The SMILES string of the molecule is Cc1cc(NCC(Cl)C2CC2)n2ncnc2c1. The predicted octanol–water partition coefficient (Wildman–Crippen LogP) is 2.47. The fraction of sp³-hybridized carbons (Fsp3) is 0.500. The molecule has 2 aromatic rings. The Kier molecular flexibility index (Phi) is 2.67. The molecule has 2 aromatic heterocycles. The van der Waals surface area contributed by atoms with E-state index in [1.54, 1.807) is 6.33 Å². The van der Waals surface area contributed by atoms with Crippen LogP contribution < -0.4 is 5.32 Å². The number of anilines is 1. The van der Waals surface area contributed by atoms with Crippen molar-refractivity contribution in [3.05, 3.63) is 24.0 Å². The number of nitrogens with zero attached hydrogens (tertiary/aromatic N) is 3. The van der Waals surface area contributed by atoms with E-state index in [9.17, 15) is 0 Å². The van der Waals surface area contributed by atoms with Gasteiger partial charge >= 0.3 is 0 Å². The number of alkyl halides is 1. The normalized spacial score (nSPS) is 17.3. The highest BCUT2D eigenvalue weighted by atomic mass is 35.5. The quantitative estimate of drug-likeness (QED) is 0.848. The summed E-state index contributed by atoms with van der Waals surface area (Å²) in [5, 5.41) is 7.78. The molecule has 5 heteroatoms. The highest BCUT2D eigenvalue weighted by Crippen LogP contribution is 2.35. The van der Waals surface area contributed by atoms with Gasteiger partial charge in [0, 0.05) is 6.54 Å². The van der Waals surface area contributed by atoms with Crippen LogP contribution in [0.5, 0.6) is 0 Å². The van der Waals surface area contributed by atoms with Gasteiger partial charge in [0.2, 0.25) is 0 Å². The van der Waals surface area contributed by atoms with Crippen LogP contribution in [0.25, 0.3) is 5.65 Å². The van der Waals surface area contributed by atoms with E-state index >= 15 is 0 Å². The van der Waals surface area contributed by atoms with Crippen LogP contribution in [0.15, 0.2) is 18.5 Å². The summed E-state index contributed by atoms with van der Waals surface area (Å²) >= 11 is 6.29. The molecule has 4 nitrogen and oxygen atoms in total. The van der Waals surface area contributed by atoms with Crippen molar-refractivity contribution >= 4 is 23.1 Å². The van der Waals surface area contributed by atoms with Crippen molar-refractivity contribution < 1.29 is 0 Å². The molecule has 1 saturated carbocycles. The lowest BCUT2D eigenvalue weighted by atomic mass is 10.2. The van der Waals surface area contributed by atoms with Crippen molar-refractivity contribution in [1.82, 2.24) is 14.6 Å². The first-order valence-corrected chi connectivity index (χ1v) is 6.36. The maximum atomic E-state index is 6.29. The van der Waals surface area contributed by atoms with E-state index in [1.165, 1.54) is 18.4 Å². The van der Waals surface area contributed by atoms with Crippen molar-refractivity contribution in [2.45, 2.75) is 25.1 Å². The molecule has 0 amide bonds. The van der Waals surface area contributed by atoms with Crippen LogP contribution in [0, 0.1) is 12.8 Å². The second-order valence-electron chi connectivity index (χ2n) is 4.68. The van der Waals surface area contributed by atoms with Gasteiger partial charge in [-0.05, 0) is 43.4 Å². The average Bonchev–Trinajstić information content (AvgIpc) is 3.05. The van der Waals surface area contributed by atoms with Gasteiger partial charge < -0.3 is 5.32 Å². The van der Waals surface area contributed by atoms with Gasteiger partial charge in [0.05, 0.1) is 5.38 Å². The number of fused-ring (bicyclic) bond motifs is 1. The number of aromatic nitrogens is 3. The number of nitrogens with one attached hydrogen (secondary N) is 1. The van der Waals surface area contributed by atoms with Crippen molar-refractivity contribution in [3.8, 4) is 0 Å². The van der Waals surface area contributed by atoms with Gasteiger partial charge in [-0.15, -0.1) is 11.6 Å². The monoisotopic (exact) mass is 250 g/mol. The van der Waals surface area contributed by atoms with E-state index in [0.29, 0.717) is 5.92 Å². The fourth-order valence-electron chi connectivity index (χ4n) is 2.01. The molecule has 1 aliphatic carbocycles. The molecule has 90 valence electrons. The maximum absolute atomic E-state index is 6.29. The van der Waals surface area contributed by atoms with Crippen LogP contribution in [0.4, 0.5) is 5.82 Å². The molecule has 0 aliphatic heterocycles. The minimum atomic E-state index is 0.217. The highest BCUT2D eigenvalue weighted by Gasteiger charge is 2.29. The lowest BCUT2D eigenvalue weighted by Crippen LogP contribution is -2.17. The number of halogens is 1. The second-order valence-corrected chi connectivity index (χ2v) is 5.24. The number of pyridine rings is 1. The molecule has 3 rings (SSSR count). The Bertz CT molecular complexity index is 532. The Balaban J connectivity index is 1.80. The molecule has 1 unspecified atom stereocenters. The molecule has 1 N–H and O–H groups in total. The molecular weight excluding hydrogens is 236 g/mol. The molecule has 0 saturated heterocycles. The molecule has 1 aliphatic rings. The highest BCUT2D eigenvalue weighted by molar-refractivity contribution is 6.21. The summed E-state index contributed by atoms with van der Waals surface area (Å²) in [7, 11) is 0. The smallest absolute Gasteiger partial charge is 0.157 e. The Morgan fingerprint density at radius 1 is 1.53 bits per heavy atom. The first-order chi connectivity index (χ1) is 8.24. The topological polar surface area (TPSA) is 42.2 Å². The van der Waals surface area contributed by atoms with E-state index in [0.717, 1.165) is 18.0 Å². The van der Waals surface area contributed by atoms with Gasteiger partial charge in [-0.2, -0.15) is 9.61 Å². The first kappa shape index (κ1) is 10.8. The molecule has 1 fully saturated rings. The Morgan fingerprint density at radius 3 is 3.12 bits per heavy atom. The fourth-order valence-corrected chi connectivity index (χ4v) is 2.34. The molecule has 0 aromatic carbocycles. The van der Waals surface area contributed by atoms with Crippen molar-refractivity contribution in [2.24, 2.45) is 5.92 Å². The predicted molar refractivity (Wildman–Crippen MR) is 68.6 cm³/mol. The summed E-state index contributed by atoms with van der Waals surface area (Å²) in [6.45, 7) is 2.84. The standard InChI is InChI=1S/C12H15ClN4/c1-8-4-11(14-6-10(13)9-2-3-9)17-12(5-8)15-7-16-17/h4-5,7,9-10,14H,2-3,6H2,1H3. The number of hydrogen-bond donors (Lipinski definition) is 1. The third-order valence-corrected chi connectivity index (χ3v) is 3.65. The molecule has 17 heavy (non-hydrogen) atoms. The Morgan fingerprint density at radius 2 is 2.35 bits per heavy atom. The summed E-state index contributed by atoms with van der Waals surface area (Å²) in [5.74, 6) is 1.66. The van der Waals surface area contributed by atoms with Crippen LogP contribution in [-0.4, -0.2) is 26.5 Å². The summed E-state index contributed by atoms with van der Waals surface area (Å²) < 4.78 is 1.81. The second kappa shape index (κ2) is 4.18. The summed E-state index contributed by atoms with van der Waals surface area (Å²) in [4.78, 5) is 4.19. The minimum absolute atomic E-state index is 0.217. The average molecular weight is 251 g/mol. The van der Waals surface area contributed by atoms with Crippen molar-refractivity contribution in [3.63, 3.8) is 0 Å².